The largest absolute Gasteiger partial charge is 0.302 e. The maximum Gasteiger partial charge on any atom is 0.261 e. The second-order valence-electron chi connectivity index (χ2n) is 6.24. The molecular weight excluding hydrogens is 336 g/mol. The summed E-state index contributed by atoms with van der Waals surface area (Å²) < 4.78 is 0. The standard InChI is InChI=1S/C20H22N2O2.ClH/c1-21(15-16-9-3-2-4-10-16)13-7-8-14-22-19(23)17-11-5-6-12-18(17)20(22)24;/h2-6,9-12H,7-8,13-15H2,1H3;1H. The summed E-state index contributed by atoms with van der Waals surface area (Å²) in [5, 5.41) is 0. The Kier molecular flexibility index (Phi) is 6.73. The minimum Gasteiger partial charge on any atom is -0.302 e. The Morgan fingerprint density at radius 2 is 1.40 bits per heavy atom. The molecule has 0 saturated heterocycles. The monoisotopic (exact) mass is 358 g/mol. The van der Waals surface area contributed by atoms with Gasteiger partial charge in [0.2, 0.25) is 0 Å². The molecule has 1 aliphatic rings. The molecule has 0 atom stereocenters. The lowest BCUT2D eigenvalue weighted by atomic mass is 10.1. The van der Waals surface area contributed by atoms with Gasteiger partial charge in [-0.1, -0.05) is 42.5 Å². The number of fused-ring (bicyclic) bond motifs is 1. The van der Waals surface area contributed by atoms with E-state index < -0.39 is 0 Å². The predicted octanol–water partition coefficient (Wildman–Crippen LogP) is 3.62. The van der Waals surface area contributed by atoms with Crippen LogP contribution in [0.1, 0.15) is 39.1 Å². The first kappa shape index (κ1) is 19.2. The summed E-state index contributed by atoms with van der Waals surface area (Å²) in [7, 11) is 2.09. The molecule has 4 nitrogen and oxygen atoms in total. The Bertz CT molecular complexity index is 698. The van der Waals surface area contributed by atoms with Gasteiger partial charge in [-0.2, -0.15) is 0 Å². The molecule has 2 aromatic carbocycles. The van der Waals surface area contributed by atoms with Crippen LogP contribution in [0.25, 0.3) is 0 Å². The highest BCUT2D eigenvalue weighted by molar-refractivity contribution is 6.21. The van der Waals surface area contributed by atoms with Gasteiger partial charge in [0.05, 0.1) is 11.1 Å². The zero-order chi connectivity index (χ0) is 16.9. The molecule has 0 spiro atoms. The van der Waals surface area contributed by atoms with Crippen molar-refractivity contribution in [2.24, 2.45) is 0 Å². The summed E-state index contributed by atoms with van der Waals surface area (Å²) in [5.74, 6) is -0.318. The van der Waals surface area contributed by atoms with Crippen LogP contribution in [-0.4, -0.2) is 41.8 Å². The molecule has 2 aromatic rings. The smallest absolute Gasteiger partial charge is 0.261 e. The molecule has 25 heavy (non-hydrogen) atoms. The number of hydrogen-bond acceptors (Lipinski definition) is 3. The van der Waals surface area contributed by atoms with Crippen molar-refractivity contribution in [3.8, 4) is 0 Å². The number of carbonyl (C=O) groups excluding carboxylic acids is 2. The van der Waals surface area contributed by atoms with E-state index in [1.54, 1.807) is 24.3 Å². The molecular formula is C20H23ClN2O2. The van der Waals surface area contributed by atoms with Crippen molar-refractivity contribution in [3.63, 3.8) is 0 Å². The van der Waals surface area contributed by atoms with Gasteiger partial charge in [-0.25, -0.2) is 0 Å². The van der Waals surface area contributed by atoms with Crippen molar-refractivity contribution in [1.29, 1.82) is 0 Å². The molecule has 0 unspecified atom stereocenters. The molecule has 132 valence electrons. The number of unbranched alkanes of at least 4 members (excludes halogenated alkanes) is 1. The number of carbonyl (C=O) groups is 2. The molecule has 0 N–H and O–H groups in total. The molecule has 0 radical (unpaired) electrons. The lowest BCUT2D eigenvalue weighted by Crippen LogP contribution is -2.31. The maximum atomic E-state index is 12.3. The van der Waals surface area contributed by atoms with Crippen LogP contribution in [0.2, 0.25) is 0 Å². The topological polar surface area (TPSA) is 40.6 Å². The molecule has 0 saturated carbocycles. The lowest BCUT2D eigenvalue weighted by molar-refractivity contribution is 0.0650. The van der Waals surface area contributed by atoms with Crippen LogP contribution in [0, 0.1) is 0 Å². The number of hydrogen-bond donors (Lipinski definition) is 0. The summed E-state index contributed by atoms with van der Waals surface area (Å²) in [6.45, 7) is 2.34. The minimum atomic E-state index is -0.159. The summed E-state index contributed by atoms with van der Waals surface area (Å²) in [5.41, 5.74) is 2.35. The Morgan fingerprint density at radius 3 is 2.00 bits per heavy atom. The highest BCUT2D eigenvalue weighted by Crippen LogP contribution is 2.22. The third kappa shape index (κ3) is 4.47. The van der Waals surface area contributed by atoms with Crippen molar-refractivity contribution in [2.45, 2.75) is 19.4 Å². The lowest BCUT2D eigenvalue weighted by Gasteiger charge is -2.18. The van der Waals surface area contributed by atoms with E-state index in [0.717, 1.165) is 25.9 Å². The van der Waals surface area contributed by atoms with Crippen molar-refractivity contribution in [2.75, 3.05) is 20.1 Å². The van der Waals surface area contributed by atoms with Crippen LogP contribution in [0.4, 0.5) is 0 Å². The summed E-state index contributed by atoms with van der Waals surface area (Å²) in [4.78, 5) is 28.2. The average molecular weight is 359 g/mol. The van der Waals surface area contributed by atoms with Gasteiger partial charge in [0, 0.05) is 13.1 Å². The van der Waals surface area contributed by atoms with Crippen molar-refractivity contribution in [3.05, 3.63) is 71.3 Å². The highest BCUT2D eigenvalue weighted by atomic mass is 35.5. The number of amides is 2. The van der Waals surface area contributed by atoms with Crippen LogP contribution >= 0.6 is 12.4 Å². The van der Waals surface area contributed by atoms with Crippen LogP contribution in [0.3, 0.4) is 0 Å². The van der Waals surface area contributed by atoms with E-state index in [-0.39, 0.29) is 24.2 Å². The van der Waals surface area contributed by atoms with Crippen LogP contribution in [0.15, 0.2) is 54.6 Å². The number of rotatable bonds is 7. The first-order valence-corrected chi connectivity index (χ1v) is 8.34. The molecule has 1 aliphatic heterocycles. The Labute approximate surface area is 154 Å². The highest BCUT2D eigenvalue weighted by Gasteiger charge is 2.34. The SMILES string of the molecule is CN(CCCCN1C(=O)c2ccccc2C1=O)Cc1ccccc1.Cl. The molecule has 2 amide bonds. The fourth-order valence-electron chi connectivity index (χ4n) is 3.07. The molecule has 0 fully saturated rings. The number of halogens is 1. The van der Waals surface area contributed by atoms with E-state index in [4.69, 9.17) is 0 Å². The van der Waals surface area contributed by atoms with Crippen LogP contribution < -0.4 is 0 Å². The molecule has 0 aromatic heterocycles. The average Bonchev–Trinajstić information content (AvgIpc) is 2.84. The molecule has 1 heterocycles. The first-order valence-electron chi connectivity index (χ1n) is 8.34. The fraction of sp³-hybridized carbons (Fsp3) is 0.300. The van der Waals surface area contributed by atoms with Crippen LogP contribution in [0.5, 0.6) is 0 Å². The summed E-state index contributed by atoms with van der Waals surface area (Å²) in [6.07, 6.45) is 1.78. The molecule has 3 rings (SSSR count). The van der Waals surface area contributed by atoms with Gasteiger partial charge in [0.25, 0.3) is 11.8 Å². The third-order valence-corrected chi connectivity index (χ3v) is 4.35. The summed E-state index contributed by atoms with van der Waals surface area (Å²) >= 11 is 0. The Morgan fingerprint density at radius 1 is 0.840 bits per heavy atom. The van der Waals surface area contributed by atoms with Gasteiger partial charge in [-0.05, 0) is 44.1 Å². The van der Waals surface area contributed by atoms with Gasteiger partial charge < -0.3 is 4.90 Å². The quantitative estimate of drug-likeness (QED) is 0.560. The maximum absolute atomic E-state index is 12.3. The summed E-state index contributed by atoms with van der Waals surface area (Å²) in [6, 6.07) is 17.4. The predicted molar refractivity (Wildman–Crippen MR) is 101 cm³/mol. The van der Waals surface area contributed by atoms with Gasteiger partial charge >= 0.3 is 0 Å². The van der Waals surface area contributed by atoms with Crippen LogP contribution in [-0.2, 0) is 6.54 Å². The van der Waals surface area contributed by atoms with Gasteiger partial charge in [-0.3, -0.25) is 14.5 Å². The normalized spacial score (nSPS) is 13.1. The van der Waals surface area contributed by atoms with E-state index in [0.29, 0.717) is 17.7 Å². The number of nitrogens with zero attached hydrogens (tertiary/aromatic N) is 2. The van der Waals surface area contributed by atoms with Crippen molar-refractivity contribution in [1.82, 2.24) is 9.80 Å². The van der Waals surface area contributed by atoms with E-state index in [2.05, 4.69) is 24.1 Å². The third-order valence-electron chi connectivity index (χ3n) is 4.35. The van der Waals surface area contributed by atoms with Crippen molar-refractivity contribution >= 4 is 24.2 Å². The Hall–Kier alpha value is -2.17. The number of imide groups is 1. The van der Waals surface area contributed by atoms with Gasteiger partial charge in [0.15, 0.2) is 0 Å². The number of benzene rings is 2. The fourth-order valence-corrected chi connectivity index (χ4v) is 3.07. The zero-order valence-electron chi connectivity index (χ0n) is 14.4. The van der Waals surface area contributed by atoms with Gasteiger partial charge in [0.1, 0.15) is 0 Å². The van der Waals surface area contributed by atoms with E-state index >= 15 is 0 Å². The zero-order valence-corrected chi connectivity index (χ0v) is 15.2. The van der Waals surface area contributed by atoms with Gasteiger partial charge in [-0.15, -0.1) is 12.4 Å². The Balaban J connectivity index is 0.00000225. The molecule has 0 aliphatic carbocycles. The second-order valence-corrected chi connectivity index (χ2v) is 6.24. The second kappa shape index (κ2) is 8.79. The van der Waals surface area contributed by atoms with E-state index in [9.17, 15) is 9.59 Å². The molecule has 0 bridgehead atoms. The first-order chi connectivity index (χ1) is 11.7. The molecule has 5 heteroatoms. The minimum absolute atomic E-state index is 0. The van der Waals surface area contributed by atoms with E-state index in [1.807, 2.05) is 18.2 Å². The van der Waals surface area contributed by atoms with Crippen molar-refractivity contribution < 1.29 is 9.59 Å². The van der Waals surface area contributed by atoms with E-state index in [1.165, 1.54) is 10.5 Å².